The molecule has 0 aliphatic carbocycles. The molecular weight excluding hydrogens is 173 g/mol. The van der Waals surface area contributed by atoms with Gasteiger partial charge in [-0.05, 0) is 0 Å². The Bertz CT molecular complexity index is 179. The molecular formula is C6H7Cl2NO. The van der Waals surface area contributed by atoms with Gasteiger partial charge in [-0.2, -0.15) is 0 Å². The highest BCUT2D eigenvalue weighted by Crippen LogP contribution is 2.18. The number of halogens is 2. The Kier molecular flexibility index (Phi) is 2.57. The fraction of sp³-hybridized carbons (Fsp3) is 0.500. The molecule has 0 aromatic carbocycles. The number of nitrogens with one attached hydrogen (secondary N) is 1. The number of carbonyl (C=O) groups is 1. The molecule has 1 aliphatic rings. The second-order valence-corrected chi connectivity index (χ2v) is 2.65. The van der Waals surface area contributed by atoms with Crippen LogP contribution in [0, 0.1) is 5.92 Å². The second-order valence-electron chi connectivity index (χ2n) is 2.13. The summed E-state index contributed by atoms with van der Waals surface area (Å²) in [7, 11) is 0. The first-order valence-corrected chi connectivity index (χ1v) is 3.91. The van der Waals surface area contributed by atoms with Gasteiger partial charge in [-0.1, -0.05) is 11.6 Å². The molecule has 1 aliphatic heterocycles. The molecule has 2 nitrogen and oxygen atoms in total. The van der Waals surface area contributed by atoms with Crippen LogP contribution < -0.4 is 5.32 Å². The lowest BCUT2D eigenvalue weighted by Gasteiger charge is -2.00. The Morgan fingerprint density at radius 1 is 1.80 bits per heavy atom. The van der Waals surface area contributed by atoms with Gasteiger partial charge in [0.15, 0.2) is 0 Å². The van der Waals surface area contributed by atoms with Gasteiger partial charge in [-0.25, -0.2) is 0 Å². The van der Waals surface area contributed by atoms with E-state index in [1.54, 1.807) is 0 Å². The zero-order valence-electron chi connectivity index (χ0n) is 5.23. The van der Waals surface area contributed by atoms with Gasteiger partial charge in [-0.3, -0.25) is 4.79 Å². The molecule has 1 fully saturated rings. The minimum absolute atomic E-state index is 0.0895. The normalized spacial score (nSPS) is 29.2. The summed E-state index contributed by atoms with van der Waals surface area (Å²) in [6, 6.07) is 0. The topological polar surface area (TPSA) is 29.1 Å². The van der Waals surface area contributed by atoms with Crippen molar-refractivity contribution in [2.24, 2.45) is 5.92 Å². The molecule has 0 bridgehead atoms. The maximum absolute atomic E-state index is 10.9. The highest BCUT2D eigenvalue weighted by atomic mass is 35.5. The lowest BCUT2D eigenvalue weighted by molar-refractivity contribution is -0.116. The quantitative estimate of drug-likeness (QED) is 0.475. The Morgan fingerprint density at radius 2 is 2.50 bits per heavy atom. The van der Waals surface area contributed by atoms with E-state index >= 15 is 0 Å². The average molecular weight is 180 g/mol. The molecule has 0 saturated carbocycles. The number of rotatable bonds is 1. The number of amides is 1. The van der Waals surface area contributed by atoms with Crippen molar-refractivity contribution in [2.75, 3.05) is 12.4 Å². The van der Waals surface area contributed by atoms with Crippen LogP contribution in [0.3, 0.4) is 0 Å². The van der Waals surface area contributed by atoms with Crippen LogP contribution in [0.2, 0.25) is 0 Å². The summed E-state index contributed by atoms with van der Waals surface area (Å²) >= 11 is 10.9. The predicted octanol–water partition coefficient (Wildman–Crippen LogP) is 1.09. The van der Waals surface area contributed by atoms with Gasteiger partial charge < -0.3 is 5.32 Å². The molecule has 1 rings (SSSR count). The Hall–Kier alpha value is -0.210. The van der Waals surface area contributed by atoms with Crippen molar-refractivity contribution in [3.63, 3.8) is 0 Å². The number of alkyl halides is 1. The fourth-order valence-electron chi connectivity index (χ4n) is 0.890. The van der Waals surface area contributed by atoms with Crippen LogP contribution in [0.4, 0.5) is 0 Å². The van der Waals surface area contributed by atoms with Gasteiger partial charge in [-0.15, -0.1) is 11.6 Å². The maximum Gasteiger partial charge on any atom is 0.248 e. The molecule has 1 atom stereocenters. The van der Waals surface area contributed by atoms with E-state index in [-0.39, 0.29) is 11.8 Å². The van der Waals surface area contributed by atoms with Crippen LogP contribution in [0.25, 0.3) is 0 Å². The van der Waals surface area contributed by atoms with Gasteiger partial charge >= 0.3 is 0 Å². The molecule has 1 N–H and O–H groups in total. The smallest absolute Gasteiger partial charge is 0.248 e. The van der Waals surface area contributed by atoms with Gasteiger partial charge in [0.05, 0.1) is 0 Å². The van der Waals surface area contributed by atoms with Crippen molar-refractivity contribution < 1.29 is 4.79 Å². The number of carbonyl (C=O) groups excluding carboxylic acids is 1. The van der Waals surface area contributed by atoms with Crippen LogP contribution in [0.1, 0.15) is 0 Å². The zero-order chi connectivity index (χ0) is 7.56. The summed E-state index contributed by atoms with van der Waals surface area (Å²) in [5, 5.41) is 2.65. The van der Waals surface area contributed by atoms with Crippen LogP contribution in [-0.2, 0) is 4.79 Å². The van der Waals surface area contributed by atoms with Gasteiger partial charge in [0.25, 0.3) is 0 Å². The van der Waals surface area contributed by atoms with E-state index in [0.29, 0.717) is 18.0 Å². The molecule has 0 spiro atoms. The summed E-state index contributed by atoms with van der Waals surface area (Å²) in [6.07, 6.45) is 0. The van der Waals surface area contributed by atoms with E-state index in [0.717, 1.165) is 0 Å². The molecule has 1 heterocycles. The summed E-state index contributed by atoms with van der Waals surface area (Å²) in [5.74, 6) is 0.435. The van der Waals surface area contributed by atoms with Crippen molar-refractivity contribution in [1.82, 2.24) is 5.32 Å². The zero-order valence-corrected chi connectivity index (χ0v) is 6.74. The van der Waals surface area contributed by atoms with Crippen molar-refractivity contribution in [3.05, 3.63) is 11.1 Å². The van der Waals surface area contributed by atoms with E-state index in [1.165, 1.54) is 5.54 Å². The van der Waals surface area contributed by atoms with Crippen molar-refractivity contribution in [1.29, 1.82) is 0 Å². The highest BCUT2D eigenvalue weighted by molar-refractivity contribution is 6.28. The molecule has 1 amide bonds. The fourth-order valence-corrected chi connectivity index (χ4v) is 1.44. The minimum atomic E-state index is -0.0966. The summed E-state index contributed by atoms with van der Waals surface area (Å²) < 4.78 is 0. The third-order valence-electron chi connectivity index (χ3n) is 1.51. The van der Waals surface area contributed by atoms with E-state index < -0.39 is 0 Å². The largest absolute Gasteiger partial charge is 0.352 e. The van der Waals surface area contributed by atoms with Crippen molar-refractivity contribution in [2.45, 2.75) is 0 Å². The molecule has 0 radical (unpaired) electrons. The van der Waals surface area contributed by atoms with Crippen LogP contribution in [-0.4, -0.2) is 18.3 Å². The SMILES string of the molecule is O=C1NCC(CCl)/C1=C\Cl. The third-order valence-corrected chi connectivity index (χ3v) is 2.12. The predicted molar refractivity (Wildman–Crippen MR) is 41.2 cm³/mol. The van der Waals surface area contributed by atoms with Gasteiger partial charge in [0, 0.05) is 29.5 Å². The van der Waals surface area contributed by atoms with E-state index in [2.05, 4.69) is 5.32 Å². The number of hydrogen-bond acceptors (Lipinski definition) is 1. The molecule has 0 aromatic rings. The molecule has 1 saturated heterocycles. The van der Waals surface area contributed by atoms with Crippen molar-refractivity contribution in [3.8, 4) is 0 Å². The lowest BCUT2D eigenvalue weighted by atomic mass is 10.1. The summed E-state index contributed by atoms with van der Waals surface area (Å²) in [5.41, 5.74) is 1.90. The first-order chi connectivity index (χ1) is 4.79. The van der Waals surface area contributed by atoms with Crippen molar-refractivity contribution >= 4 is 29.1 Å². The monoisotopic (exact) mass is 179 g/mol. The third kappa shape index (κ3) is 1.27. The molecule has 4 heteroatoms. The molecule has 0 aromatic heterocycles. The Morgan fingerprint density at radius 3 is 2.90 bits per heavy atom. The van der Waals surface area contributed by atoms with E-state index in [4.69, 9.17) is 23.2 Å². The lowest BCUT2D eigenvalue weighted by Crippen LogP contribution is -2.14. The van der Waals surface area contributed by atoms with Crippen LogP contribution >= 0.6 is 23.2 Å². The van der Waals surface area contributed by atoms with Gasteiger partial charge in [0.2, 0.25) is 5.91 Å². The maximum atomic E-state index is 10.9. The number of hydrogen-bond donors (Lipinski definition) is 1. The Labute approximate surface area is 69.2 Å². The minimum Gasteiger partial charge on any atom is -0.352 e. The average Bonchev–Trinajstić information content (AvgIpc) is 2.30. The first-order valence-electron chi connectivity index (χ1n) is 2.94. The van der Waals surface area contributed by atoms with Crippen LogP contribution in [0.15, 0.2) is 11.1 Å². The first kappa shape index (κ1) is 7.89. The molecule has 10 heavy (non-hydrogen) atoms. The van der Waals surface area contributed by atoms with E-state index in [9.17, 15) is 4.79 Å². The summed E-state index contributed by atoms with van der Waals surface area (Å²) in [4.78, 5) is 10.9. The van der Waals surface area contributed by atoms with Crippen LogP contribution in [0.5, 0.6) is 0 Å². The summed E-state index contributed by atoms with van der Waals surface area (Å²) in [6.45, 7) is 0.612. The second kappa shape index (κ2) is 3.26. The standard InChI is InChI=1S/C6H7Cl2NO/c7-1-4-3-9-6(10)5(4)2-8/h2,4H,1,3H2,(H,9,10)/b5-2+. The highest BCUT2D eigenvalue weighted by Gasteiger charge is 2.26. The molecule has 1 unspecified atom stereocenters. The van der Waals surface area contributed by atoms with E-state index in [1.807, 2.05) is 0 Å². The Balaban J connectivity index is 2.73. The molecule has 56 valence electrons. The van der Waals surface area contributed by atoms with Gasteiger partial charge in [0.1, 0.15) is 0 Å².